The molecule has 3 N–H and O–H groups in total. The topological polar surface area (TPSA) is 96.0 Å². The van der Waals surface area contributed by atoms with Crippen molar-refractivity contribution in [1.29, 1.82) is 0 Å². The number of aromatic nitrogens is 2. The molecule has 0 saturated heterocycles. The van der Waals surface area contributed by atoms with Crippen molar-refractivity contribution in [3.05, 3.63) is 35.1 Å². The first-order chi connectivity index (χ1) is 13.0. The Hall–Kier alpha value is -2.55. The smallest absolute Gasteiger partial charge is 0.320 e. The molecule has 0 unspecified atom stereocenters. The van der Waals surface area contributed by atoms with E-state index in [-0.39, 0.29) is 5.91 Å². The fraction of sp³-hybridized carbons (Fsp3) is 0.444. The zero-order chi connectivity index (χ0) is 19.3. The highest BCUT2D eigenvalue weighted by Crippen LogP contribution is 2.30. The molecule has 1 aromatic heterocycles. The monoisotopic (exact) mass is 391 g/mol. The van der Waals surface area contributed by atoms with Gasteiger partial charge in [-0.2, -0.15) is 0 Å². The minimum atomic E-state index is -1.02. The first-order valence-corrected chi connectivity index (χ1v) is 9.81. The van der Waals surface area contributed by atoms with Crippen LogP contribution in [-0.2, 0) is 11.2 Å². The maximum Gasteiger partial charge on any atom is 0.320 e. The molecule has 0 bridgehead atoms. The Morgan fingerprint density at radius 3 is 2.63 bits per heavy atom. The minimum absolute atomic E-state index is 0.296. The third-order valence-electron chi connectivity index (χ3n) is 4.57. The third kappa shape index (κ3) is 4.79. The van der Waals surface area contributed by atoms with Crippen LogP contribution in [0.1, 0.15) is 44.0 Å². The summed E-state index contributed by atoms with van der Waals surface area (Å²) in [6.45, 7) is 1.97. The van der Waals surface area contributed by atoms with Gasteiger partial charge in [0.2, 0.25) is 5.13 Å². The Kier molecular flexibility index (Phi) is 6.00. The number of nitrogens with zero attached hydrogens (tertiary/aromatic N) is 2. The first kappa shape index (κ1) is 19.2. The van der Waals surface area contributed by atoms with E-state index in [9.17, 15) is 14.0 Å². The second kappa shape index (κ2) is 8.43. The average Bonchev–Trinajstić information content (AvgIpc) is 3.10. The van der Waals surface area contributed by atoms with Crippen LogP contribution in [0.5, 0.6) is 0 Å². The lowest BCUT2D eigenvalue weighted by atomic mass is 9.81. The largest absolute Gasteiger partial charge is 0.323 e. The van der Waals surface area contributed by atoms with Crippen molar-refractivity contribution < 1.29 is 14.0 Å². The molecule has 0 radical (unpaired) electrons. The fourth-order valence-electron chi connectivity index (χ4n) is 3.17. The number of nitrogens with one attached hydrogen (secondary N) is 3. The number of rotatable bonds is 5. The molecule has 1 aromatic carbocycles. The zero-order valence-corrected chi connectivity index (χ0v) is 15.9. The molecule has 144 valence electrons. The van der Waals surface area contributed by atoms with E-state index in [0.717, 1.165) is 30.7 Å². The molecule has 9 heteroatoms. The molecule has 1 heterocycles. The predicted octanol–water partition coefficient (Wildman–Crippen LogP) is 3.70. The van der Waals surface area contributed by atoms with E-state index in [0.29, 0.717) is 23.7 Å². The van der Waals surface area contributed by atoms with Crippen LogP contribution < -0.4 is 16.0 Å². The summed E-state index contributed by atoms with van der Waals surface area (Å²) in [7, 11) is 0. The number of urea groups is 1. The third-order valence-corrected chi connectivity index (χ3v) is 5.55. The second-order valence-corrected chi connectivity index (χ2v) is 7.60. The van der Waals surface area contributed by atoms with E-state index in [4.69, 9.17) is 0 Å². The summed E-state index contributed by atoms with van der Waals surface area (Å²) in [5.74, 6) is -0.740. The van der Waals surface area contributed by atoms with Gasteiger partial charge in [0.05, 0.1) is 0 Å². The van der Waals surface area contributed by atoms with Gasteiger partial charge in [-0.25, -0.2) is 9.18 Å². The van der Waals surface area contributed by atoms with Gasteiger partial charge in [0, 0.05) is 5.69 Å². The van der Waals surface area contributed by atoms with Gasteiger partial charge in [0.15, 0.2) is 0 Å². The number of hydrogen-bond donors (Lipinski definition) is 3. The minimum Gasteiger partial charge on any atom is -0.323 e. The summed E-state index contributed by atoms with van der Waals surface area (Å²) in [6.07, 6.45) is 4.51. The highest BCUT2D eigenvalue weighted by atomic mass is 32.1. The van der Waals surface area contributed by atoms with E-state index in [1.807, 2.05) is 6.92 Å². The molecule has 1 aliphatic rings. The SMILES string of the molecule is CCc1nnc(NC(=O)C2(NC(=O)Nc3cccc(F)c3)CCCCC2)s1. The molecule has 0 spiro atoms. The first-order valence-electron chi connectivity index (χ1n) is 8.99. The summed E-state index contributed by atoms with van der Waals surface area (Å²) in [5.41, 5.74) is -0.691. The van der Waals surface area contributed by atoms with Gasteiger partial charge in [0.25, 0.3) is 5.91 Å². The Bertz CT molecular complexity index is 820. The molecule has 0 atom stereocenters. The number of aryl methyl sites for hydroxylation is 1. The quantitative estimate of drug-likeness (QED) is 0.724. The number of halogens is 1. The molecular weight excluding hydrogens is 369 g/mol. The summed E-state index contributed by atoms with van der Waals surface area (Å²) in [6, 6.07) is 5.08. The van der Waals surface area contributed by atoms with Gasteiger partial charge in [-0.1, -0.05) is 43.6 Å². The number of benzene rings is 1. The van der Waals surface area contributed by atoms with E-state index in [2.05, 4.69) is 26.1 Å². The molecule has 27 heavy (non-hydrogen) atoms. The Morgan fingerprint density at radius 2 is 1.96 bits per heavy atom. The van der Waals surface area contributed by atoms with Crippen LogP contribution in [0.15, 0.2) is 24.3 Å². The van der Waals surface area contributed by atoms with E-state index in [1.165, 1.54) is 29.5 Å². The van der Waals surface area contributed by atoms with Gasteiger partial charge < -0.3 is 10.6 Å². The van der Waals surface area contributed by atoms with Crippen molar-refractivity contribution in [2.45, 2.75) is 51.0 Å². The van der Waals surface area contributed by atoms with Gasteiger partial charge in [-0.05, 0) is 37.5 Å². The van der Waals surface area contributed by atoms with Gasteiger partial charge >= 0.3 is 6.03 Å². The molecule has 0 aliphatic heterocycles. The summed E-state index contributed by atoms with van der Waals surface area (Å²) in [4.78, 5) is 25.4. The standard InChI is InChI=1S/C18H22FN5O2S/c1-2-14-23-24-17(27-14)21-15(25)18(9-4-3-5-10-18)22-16(26)20-13-8-6-7-12(19)11-13/h6-8,11H,2-5,9-10H2,1H3,(H2,20,22,26)(H,21,24,25). The molecule has 1 saturated carbocycles. The molecular formula is C18H22FN5O2S. The van der Waals surface area contributed by atoms with Crippen molar-refractivity contribution in [2.24, 2.45) is 0 Å². The van der Waals surface area contributed by atoms with Crippen LogP contribution in [0, 0.1) is 5.82 Å². The van der Waals surface area contributed by atoms with Crippen LogP contribution in [0.25, 0.3) is 0 Å². The van der Waals surface area contributed by atoms with Crippen molar-refractivity contribution in [2.75, 3.05) is 10.6 Å². The molecule has 1 aliphatic carbocycles. The number of amides is 3. The van der Waals surface area contributed by atoms with Crippen molar-refractivity contribution in [3.8, 4) is 0 Å². The maximum absolute atomic E-state index is 13.3. The van der Waals surface area contributed by atoms with Gasteiger partial charge in [-0.15, -0.1) is 10.2 Å². The lowest BCUT2D eigenvalue weighted by molar-refractivity contribution is -0.123. The van der Waals surface area contributed by atoms with E-state index in [1.54, 1.807) is 6.07 Å². The second-order valence-electron chi connectivity index (χ2n) is 6.54. The highest BCUT2D eigenvalue weighted by Gasteiger charge is 2.41. The summed E-state index contributed by atoms with van der Waals surface area (Å²) < 4.78 is 13.3. The fourth-order valence-corrected chi connectivity index (χ4v) is 3.85. The highest BCUT2D eigenvalue weighted by molar-refractivity contribution is 7.15. The Labute approximate surface area is 160 Å². The van der Waals surface area contributed by atoms with Crippen molar-refractivity contribution in [3.63, 3.8) is 0 Å². The summed E-state index contributed by atoms with van der Waals surface area (Å²) in [5, 5.41) is 17.4. The van der Waals surface area contributed by atoms with Crippen molar-refractivity contribution in [1.82, 2.24) is 15.5 Å². The number of carbonyl (C=O) groups excluding carboxylic acids is 2. The van der Waals surface area contributed by atoms with E-state index < -0.39 is 17.4 Å². The lowest BCUT2D eigenvalue weighted by Gasteiger charge is -2.36. The normalized spacial score (nSPS) is 15.8. The molecule has 2 aromatic rings. The van der Waals surface area contributed by atoms with E-state index >= 15 is 0 Å². The lowest BCUT2D eigenvalue weighted by Crippen LogP contribution is -2.58. The molecule has 3 amide bonds. The predicted molar refractivity (Wildman–Crippen MR) is 102 cm³/mol. The van der Waals surface area contributed by atoms with Gasteiger partial charge in [-0.3, -0.25) is 10.1 Å². The number of anilines is 2. The summed E-state index contributed by atoms with van der Waals surface area (Å²) >= 11 is 1.32. The molecule has 3 rings (SSSR count). The van der Waals surface area contributed by atoms with Crippen LogP contribution in [0.3, 0.4) is 0 Å². The number of hydrogen-bond acceptors (Lipinski definition) is 5. The van der Waals surface area contributed by atoms with Gasteiger partial charge in [0.1, 0.15) is 16.4 Å². The van der Waals surface area contributed by atoms with Crippen molar-refractivity contribution >= 4 is 34.1 Å². The average molecular weight is 391 g/mol. The number of carbonyl (C=O) groups is 2. The molecule has 1 fully saturated rings. The Balaban J connectivity index is 1.71. The van der Waals surface area contributed by atoms with Crippen LogP contribution in [0.2, 0.25) is 0 Å². The van der Waals surface area contributed by atoms with Crippen LogP contribution in [-0.4, -0.2) is 27.7 Å². The Morgan fingerprint density at radius 1 is 1.19 bits per heavy atom. The van der Waals surface area contributed by atoms with Crippen LogP contribution >= 0.6 is 11.3 Å². The molecule has 7 nitrogen and oxygen atoms in total. The van der Waals surface area contributed by atoms with Crippen LogP contribution in [0.4, 0.5) is 20.0 Å². The zero-order valence-electron chi connectivity index (χ0n) is 15.0. The maximum atomic E-state index is 13.3.